The summed E-state index contributed by atoms with van der Waals surface area (Å²) in [7, 11) is 0. The van der Waals surface area contributed by atoms with Crippen molar-refractivity contribution in [3.63, 3.8) is 0 Å². The lowest BCUT2D eigenvalue weighted by Gasteiger charge is -2.11. The van der Waals surface area contributed by atoms with Crippen molar-refractivity contribution < 1.29 is 9.84 Å². The van der Waals surface area contributed by atoms with E-state index in [1.165, 1.54) is 0 Å². The maximum atomic E-state index is 8.88. The molecule has 0 fully saturated rings. The Morgan fingerprint density at radius 2 is 2.19 bits per heavy atom. The summed E-state index contributed by atoms with van der Waals surface area (Å²) in [5.41, 5.74) is 0. The number of rotatable bonds is 6. The van der Waals surface area contributed by atoms with Crippen LogP contribution in [-0.4, -0.2) is 34.3 Å². The van der Waals surface area contributed by atoms with E-state index in [0.717, 1.165) is 0 Å². The van der Waals surface area contributed by atoms with E-state index in [4.69, 9.17) is 9.84 Å². The van der Waals surface area contributed by atoms with Gasteiger partial charge < -0.3 is 15.2 Å². The highest BCUT2D eigenvalue weighted by atomic mass is 16.5. The zero-order chi connectivity index (χ0) is 12.0. The van der Waals surface area contributed by atoms with Crippen LogP contribution in [0.2, 0.25) is 0 Å². The molecule has 0 aliphatic rings. The van der Waals surface area contributed by atoms with Gasteiger partial charge in [0.1, 0.15) is 0 Å². The van der Waals surface area contributed by atoms with Crippen molar-refractivity contribution in [2.45, 2.75) is 26.9 Å². The predicted molar refractivity (Wildman–Crippen MR) is 62.5 cm³/mol. The number of nitrogens with zero attached hydrogens (tertiary/aromatic N) is 2. The van der Waals surface area contributed by atoms with Crippen LogP contribution in [-0.2, 0) is 0 Å². The molecule has 90 valence electrons. The van der Waals surface area contributed by atoms with Crippen LogP contribution in [0.4, 0.5) is 5.95 Å². The number of aromatic nitrogens is 2. The van der Waals surface area contributed by atoms with E-state index < -0.39 is 0 Å². The molecule has 1 heterocycles. The van der Waals surface area contributed by atoms with Gasteiger partial charge in [-0.25, -0.2) is 4.98 Å². The van der Waals surface area contributed by atoms with Crippen LogP contribution in [0.3, 0.4) is 0 Å². The standard InChI is InChI=1S/C11H19N3O2/c1-8(2)16-10-4-5-12-11(14-10)13-6-9(3)7-15/h4-5,8-9,15H,6-7H2,1-3H3,(H,12,13,14). The second-order valence-electron chi connectivity index (χ2n) is 4.05. The maximum Gasteiger partial charge on any atom is 0.225 e. The number of aliphatic hydroxyl groups is 1. The number of ether oxygens (including phenoxy) is 1. The highest BCUT2D eigenvalue weighted by molar-refractivity contribution is 5.27. The van der Waals surface area contributed by atoms with Crippen molar-refractivity contribution in [3.05, 3.63) is 12.3 Å². The topological polar surface area (TPSA) is 67.3 Å². The van der Waals surface area contributed by atoms with Crippen molar-refractivity contribution in [1.29, 1.82) is 0 Å². The van der Waals surface area contributed by atoms with E-state index in [1.807, 2.05) is 20.8 Å². The predicted octanol–water partition coefficient (Wildman–Crippen LogP) is 1.30. The summed E-state index contributed by atoms with van der Waals surface area (Å²) < 4.78 is 5.45. The van der Waals surface area contributed by atoms with Crippen LogP contribution in [0.5, 0.6) is 5.88 Å². The lowest BCUT2D eigenvalue weighted by Crippen LogP contribution is -2.16. The normalized spacial score (nSPS) is 12.6. The summed E-state index contributed by atoms with van der Waals surface area (Å²) in [5, 5.41) is 11.9. The molecule has 0 radical (unpaired) electrons. The van der Waals surface area contributed by atoms with Crippen LogP contribution >= 0.6 is 0 Å². The Morgan fingerprint density at radius 1 is 1.44 bits per heavy atom. The highest BCUT2D eigenvalue weighted by Gasteiger charge is 2.04. The molecule has 5 heteroatoms. The minimum Gasteiger partial charge on any atom is -0.475 e. The maximum absolute atomic E-state index is 8.88. The van der Waals surface area contributed by atoms with Gasteiger partial charge in [0.15, 0.2) is 0 Å². The van der Waals surface area contributed by atoms with Gasteiger partial charge in [0.2, 0.25) is 11.8 Å². The second-order valence-corrected chi connectivity index (χ2v) is 4.05. The molecule has 0 aliphatic carbocycles. The van der Waals surface area contributed by atoms with Crippen LogP contribution in [0.15, 0.2) is 12.3 Å². The third-order valence-electron chi connectivity index (χ3n) is 1.91. The van der Waals surface area contributed by atoms with Crippen molar-refractivity contribution >= 4 is 5.95 Å². The Hall–Kier alpha value is -1.36. The van der Waals surface area contributed by atoms with Crippen LogP contribution in [0.1, 0.15) is 20.8 Å². The molecule has 1 unspecified atom stereocenters. The summed E-state index contributed by atoms with van der Waals surface area (Å²) in [4.78, 5) is 8.26. The van der Waals surface area contributed by atoms with Crippen LogP contribution in [0.25, 0.3) is 0 Å². The Kier molecular flexibility index (Phi) is 4.98. The van der Waals surface area contributed by atoms with Crippen LogP contribution < -0.4 is 10.1 Å². The number of hydrogen-bond acceptors (Lipinski definition) is 5. The molecule has 0 aliphatic heterocycles. The molecule has 1 aromatic rings. The molecule has 0 saturated heterocycles. The van der Waals surface area contributed by atoms with E-state index >= 15 is 0 Å². The lowest BCUT2D eigenvalue weighted by molar-refractivity contribution is 0.232. The summed E-state index contributed by atoms with van der Waals surface area (Å²) >= 11 is 0. The second kappa shape index (κ2) is 6.27. The summed E-state index contributed by atoms with van der Waals surface area (Å²) in [6.07, 6.45) is 1.75. The first-order valence-corrected chi connectivity index (χ1v) is 5.46. The molecule has 0 bridgehead atoms. The lowest BCUT2D eigenvalue weighted by atomic mass is 10.2. The van der Waals surface area contributed by atoms with Gasteiger partial charge in [-0.15, -0.1) is 0 Å². The molecule has 1 rings (SSSR count). The summed E-state index contributed by atoms with van der Waals surface area (Å²) in [6, 6.07) is 1.72. The molecule has 0 amide bonds. The monoisotopic (exact) mass is 225 g/mol. The number of anilines is 1. The molecule has 0 spiro atoms. The molecule has 1 aromatic heterocycles. The average Bonchev–Trinajstić information content (AvgIpc) is 2.25. The minimum absolute atomic E-state index is 0.0964. The first kappa shape index (κ1) is 12.7. The van der Waals surface area contributed by atoms with Gasteiger partial charge in [0.05, 0.1) is 6.10 Å². The molecular formula is C11H19N3O2. The van der Waals surface area contributed by atoms with E-state index in [0.29, 0.717) is 18.4 Å². The SMILES string of the molecule is CC(CO)CNc1nccc(OC(C)C)n1. The van der Waals surface area contributed by atoms with E-state index in [1.54, 1.807) is 12.3 Å². The Morgan fingerprint density at radius 3 is 2.81 bits per heavy atom. The van der Waals surface area contributed by atoms with Gasteiger partial charge in [-0.2, -0.15) is 4.98 Å². The quantitative estimate of drug-likeness (QED) is 0.764. The third kappa shape index (κ3) is 4.44. The third-order valence-corrected chi connectivity index (χ3v) is 1.91. The first-order valence-electron chi connectivity index (χ1n) is 5.46. The van der Waals surface area contributed by atoms with Gasteiger partial charge in [-0.3, -0.25) is 0 Å². The van der Waals surface area contributed by atoms with Crippen LogP contribution in [0, 0.1) is 5.92 Å². The molecule has 2 N–H and O–H groups in total. The molecule has 0 saturated carbocycles. The smallest absolute Gasteiger partial charge is 0.225 e. The fraction of sp³-hybridized carbons (Fsp3) is 0.636. The molecule has 0 aromatic carbocycles. The fourth-order valence-electron chi connectivity index (χ4n) is 1.06. The van der Waals surface area contributed by atoms with Gasteiger partial charge in [0, 0.05) is 25.4 Å². The van der Waals surface area contributed by atoms with Gasteiger partial charge in [-0.1, -0.05) is 6.92 Å². The van der Waals surface area contributed by atoms with E-state index in [9.17, 15) is 0 Å². The van der Waals surface area contributed by atoms with Gasteiger partial charge in [0.25, 0.3) is 0 Å². The first-order chi connectivity index (χ1) is 7.61. The zero-order valence-corrected chi connectivity index (χ0v) is 9.97. The molecule has 1 atom stereocenters. The fourth-order valence-corrected chi connectivity index (χ4v) is 1.06. The highest BCUT2D eigenvalue weighted by Crippen LogP contribution is 2.10. The Bertz CT molecular complexity index is 318. The number of hydrogen-bond donors (Lipinski definition) is 2. The minimum atomic E-state index is 0.0964. The Balaban J connectivity index is 2.53. The van der Waals surface area contributed by atoms with Gasteiger partial charge >= 0.3 is 0 Å². The summed E-state index contributed by atoms with van der Waals surface area (Å²) in [6.45, 7) is 6.63. The van der Waals surface area contributed by atoms with Crippen molar-refractivity contribution in [2.75, 3.05) is 18.5 Å². The van der Waals surface area contributed by atoms with E-state index in [-0.39, 0.29) is 18.6 Å². The van der Waals surface area contributed by atoms with Crippen molar-refractivity contribution in [2.24, 2.45) is 5.92 Å². The Labute approximate surface area is 95.9 Å². The average molecular weight is 225 g/mol. The zero-order valence-electron chi connectivity index (χ0n) is 9.97. The number of aliphatic hydroxyl groups excluding tert-OH is 1. The van der Waals surface area contributed by atoms with Crippen molar-refractivity contribution in [3.8, 4) is 5.88 Å². The summed E-state index contributed by atoms with van der Waals surface area (Å²) in [5.74, 6) is 1.26. The van der Waals surface area contributed by atoms with Gasteiger partial charge in [-0.05, 0) is 19.8 Å². The number of nitrogens with one attached hydrogen (secondary N) is 1. The van der Waals surface area contributed by atoms with E-state index in [2.05, 4.69) is 15.3 Å². The van der Waals surface area contributed by atoms with Crippen molar-refractivity contribution in [1.82, 2.24) is 9.97 Å². The molecular weight excluding hydrogens is 206 g/mol. The molecule has 16 heavy (non-hydrogen) atoms. The largest absolute Gasteiger partial charge is 0.475 e. The molecule has 5 nitrogen and oxygen atoms in total.